The maximum Gasteiger partial charge on any atom is 0.230 e. The molecule has 28 heavy (non-hydrogen) atoms. The van der Waals surface area contributed by atoms with Crippen molar-refractivity contribution in [3.05, 3.63) is 64.9 Å². The Kier molecular flexibility index (Phi) is 6.70. The molecule has 0 aliphatic rings. The number of amides is 1. The SMILES string of the molecule is CCn1c(SCC(=O)NC(C)c2ccc(F)cc2)nnc1-c1ccc(Cl)cc1. The molecule has 2 aromatic carbocycles. The lowest BCUT2D eigenvalue weighted by Crippen LogP contribution is -2.28. The molecule has 1 atom stereocenters. The van der Waals surface area contributed by atoms with Crippen molar-refractivity contribution in [1.29, 1.82) is 0 Å². The summed E-state index contributed by atoms with van der Waals surface area (Å²) in [5.41, 5.74) is 1.77. The second-order valence-corrected chi connectivity index (χ2v) is 7.57. The smallest absolute Gasteiger partial charge is 0.230 e. The van der Waals surface area contributed by atoms with Gasteiger partial charge in [0, 0.05) is 17.1 Å². The van der Waals surface area contributed by atoms with Crippen LogP contribution in [0.4, 0.5) is 4.39 Å². The van der Waals surface area contributed by atoms with Crippen LogP contribution in [0.15, 0.2) is 53.7 Å². The molecule has 1 unspecified atom stereocenters. The van der Waals surface area contributed by atoms with Crippen LogP contribution in [0.25, 0.3) is 11.4 Å². The van der Waals surface area contributed by atoms with Crippen molar-refractivity contribution in [2.45, 2.75) is 31.6 Å². The molecule has 1 heterocycles. The number of carbonyl (C=O) groups is 1. The Morgan fingerprint density at radius 3 is 2.50 bits per heavy atom. The Balaban J connectivity index is 1.63. The number of nitrogens with zero attached hydrogens (tertiary/aromatic N) is 3. The van der Waals surface area contributed by atoms with Gasteiger partial charge >= 0.3 is 0 Å². The van der Waals surface area contributed by atoms with Crippen LogP contribution in [0.5, 0.6) is 0 Å². The number of nitrogens with one attached hydrogen (secondary N) is 1. The van der Waals surface area contributed by atoms with Crippen molar-refractivity contribution >= 4 is 29.3 Å². The molecule has 8 heteroatoms. The van der Waals surface area contributed by atoms with E-state index in [1.54, 1.807) is 12.1 Å². The highest BCUT2D eigenvalue weighted by Crippen LogP contribution is 2.25. The molecule has 3 rings (SSSR count). The third-order valence-corrected chi connectivity index (χ3v) is 5.43. The molecule has 0 radical (unpaired) electrons. The van der Waals surface area contributed by atoms with Crippen LogP contribution in [-0.4, -0.2) is 26.4 Å². The number of carbonyl (C=O) groups excluding carboxylic acids is 1. The second kappa shape index (κ2) is 9.21. The fourth-order valence-electron chi connectivity index (χ4n) is 2.74. The quantitative estimate of drug-likeness (QED) is 0.563. The number of aromatic nitrogens is 3. The van der Waals surface area contributed by atoms with Gasteiger partial charge < -0.3 is 9.88 Å². The van der Waals surface area contributed by atoms with Crippen LogP contribution >= 0.6 is 23.4 Å². The zero-order valence-corrected chi connectivity index (χ0v) is 17.1. The minimum absolute atomic E-state index is 0.125. The van der Waals surface area contributed by atoms with Gasteiger partial charge in [-0.25, -0.2) is 4.39 Å². The molecule has 1 N–H and O–H groups in total. The highest BCUT2D eigenvalue weighted by atomic mass is 35.5. The molecule has 146 valence electrons. The van der Waals surface area contributed by atoms with Crippen molar-refractivity contribution in [3.63, 3.8) is 0 Å². The monoisotopic (exact) mass is 418 g/mol. The third kappa shape index (κ3) is 4.91. The van der Waals surface area contributed by atoms with E-state index >= 15 is 0 Å². The largest absolute Gasteiger partial charge is 0.349 e. The average molecular weight is 419 g/mol. The van der Waals surface area contributed by atoms with E-state index in [4.69, 9.17) is 11.6 Å². The summed E-state index contributed by atoms with van der Waals surface area (Å²) in [6.45, 7) is 4.55. The summed E-state index contributed by atoms with van der Waals surface area (Å²) in [7, 11) is 0. The molecule has 0 saturated heterocycles. The summed E-state index contributed by atoms with van der Waals surface area (Å²) >= 11 is 7.28. The maximum absolute atomic E-state index is 13.0. The van der Waals surface area contributed by atoms with Crippen LogP contribution < -0.4 is 5.32 Å². The van der Waals surface area contributed by atoms with Gasteiger partial charge in [0.15, 0.2) is 11.0 Å². The van der Waals surface area contributed by atoms with Crippen molar-refractivity contribution in [2.24, 2.45) is 0 Å². The highest BCUT2D eigenvalue weighted by molar-refractivity contribution is 7.99. The summed E-state index contributed by atoms with van der Waals surface area (Å²) < 4.78 is 15.0. The predicted molar refractivity (Wildman–Crippen MR) is 110 cm³/mol. The summed E-state index contributed by atoms with van der Waals surface area (Å²) in [6.07, 6.45) is 0. The van der Waals surface area contributed by atoms with Crippen LogP contribution in [0, 0.1) is 5.82 Å². The number of hydrogen-bond donors (Lipinski definition) is 1. The van der Waals surface area contributed by atoms with Crippen molar-refractivity contribution in [1.82, 2.24) is 20.1 Å². The van der Waals surface area contributed by atoms with Gasteiger partial charge in [-0.3, -0.25) is 4.79 Å². The normalized spacial score (nSPS) is 12.0. The Morgan fingerprint density at radius 2 is 1.86 bits per heavy atom. The number of hydrogen-bond acceptors (Lipinski definition) is 4. The second-order valence-electron chi connectivity index (χ2n) is 6.19. The van der Waals surface area contributed by atoms with Crippen molar-refractivity contribution < 1.29 is 9.18 Å². The fourth-order valence-corrected chi connectivity index (χ4v) is 3.68. The van der Waals surface area contributed by atoms with E-state index in [0.717, 1.165) is 17.0 Å². The molecule has 3 aromatic rings. The number of halogens is 2. The van der Waals surface area contributed by atoms with E-state index in [0.29, 0.717) is 16.7 Å². The first-order valence-corrected chi connectivity index (χ1v) is 10.2. The molecular formula is C20H20ClFN4OS. The molecule has 0 fully saturated rings. The standard InChI is InChI=1S/C20H20ClFN4OS/c1-3-26-19(15-4-8-16(21)9-5-15)24-25-20(26)28-12-18(27)23-13(2)14-6-10-17(22)11-7-14/h4-11,13H,3,12H2,1-2H3,(H,23,27). The first kappa shape index (κ1) is 20.4. The van der Waals surface area contributed by atoms with Crippen LogP contribution in [0.1, 0.15) is 25.5 Å². The third-order valence-electron chi connectivity index (χ3n) is 4.22. The van der Waals surface area contributed by atoms with Crippen molar-refractivity contribution in [3.8, 4) is 11.4 Å². The van der Waals surface area contributed by atoms with E-state index in [1.807, 2.05) is 42.7 Å². The molecule has 5 nitrogen and oxygen atoms in total. The van der Waals surface area contributed by atoms with E-state index in [2.05, 4.69) is 15.5 Å². The van der Waals surface area contributed by atoms with Gasteiger partial charge in [-0.05, 0) is 55.8 Å². The number of benzene rings is 2. The van der Waals surface area contributed by atoms with E-state index in [-0.39, 0.29) is 23.5 Å². The first-order chi connectivity index (χ1) is 13.5. The number of thioether (sulfide) groups is 1. The van der Waals surface area contributed by atoms with E-state index in [1.165, 1.54) is 23.9 Å². The summed E-state index contributed by atoms with van der Waals surface area (Å²) in [5.74, 6) is 0.528. The average Bonchev–Trinajstić information content (AvgIpc) is 3.10. The molecule has 0 saturated carbocycles. The zero-order chi connectivity index (χ0) is 20.1. The zero-order valence-electron chi connectivity index (χ0n) is 15.5. The Bertz CT molecular complexity index is 944. The Hall–Kier alpha value is -2.38. The topological polar surface area (TPSA) is 59.8 Å². The molecule has 0 bridgehead atoms. The minimum atomic E-state index is -0.298. The number of rotatable bonds is 7. The lowest BCUT2D eigenvalue weighted by atomic mass is 10.1. The molecule has 0 spiro atoms. The minimum Gasteiger partial charge on any atom is -0.349 e. The fraction of sp³-hybridized carbons (Fsp3) is 0.250. The molecule has 0 aliphatic heterocycles. The van der Waals surface area contributed by atoms with Crippen LogP contribution in [-0.2, 0) is 11.3 Å². The molecular weight excluding hydrogens is 399 g/mol. The highest BCUT2D eigenvalue weighted by Gasteiger charge is 2.16. The van der Waals surface area contributed by atoms with Gasteiger partial charge in [-0.1, -0.05) is 35.5 Å². The Labute approximate surface area is 172 Å². The van der Waals surface area contributed by atoms with Gasteiger partial charge in [0.2, 0.25) is 5.91 Å². The van der Waals surface area contributed by atoms with Gasteiger partial charge in [0.05, 0.1) is 11.8 Å². The lowest BCUT2D eigenvalue weighted by Gasteiger charge is -2.14. The molecule has 0 aliphatic carbocycles. The summed E-state index contributed by atoms with van der Waals surface area (Å²) in [4.78, 5) is 12.3. The van der Waals surface area contributed by atoms with Crippen LogP contribution in [0.2, 0.25) is 5.02 Å². The summed E-state index contributed by atoms with van der Waals surface area (Å²) in [6, 6.07) is 13.3. The molecule has 1 amide bonds. The van der Waals surface area contributed by atoms with E-state index in [9.17, 15) is 9.18 Å². The maximum atomic E-state index is 13.0. The molecule has 1 aromatic heterocycles. The van der Waals surface area contributed by atoms with Gasteiger partial charge in [-0.2, -0.15) is 0 Å². The predicted octanol–water partition coefficient (Wildman–Crippen LogP) is 4.73. The van der Waals surface area contributed by atoms with Gasteiger partial charge in [-0.15, -0.1) is 10.2 Å². The van der Waals surface area contributed by atoms with Crippen LogP contribution in [0.3, 0.4) is 0 Å². The van der Waals surface area contributed by atoms with Gasteiger partial charge in [0.1, 0.15) is 5.82 Å². The van der Waals surface area contributed by atoms with Gasteiger partial charge in [0.25, 0.3) is 0 Å². The summed E-state index contributed by atoms with van der Waals surface area (Å²) in [5, 5.41) is 12.7. The Morgan fingerprint density at radius 1 is 1.18 bits per heavy atom. The lowest BCUT2D eigenvalue weighted by molar-refractivity contribution is -0.119. The van der Waals surface area contributed by atoms with E-state index < -0.39 is 0 Å². The van der Waals surface area contributed by atoms with Crippen molar-refractivity contribution in [2.75, 3.05) is 5.75 Å². The first-order valence-electron chi connectivity index (χ1n) is 8.84.